The molecule has 0 amide bonds. The standard InChI is InChI=1S/C15H17NO3S/c1-3-8-19-15(17)13-11(9-20-14(13)16)10-6-4-5-7-12(10)18-2/h4-7,9H,3,8,16H2,1-2H3. The molecule has 0 fully saturated rings. The average molecular weight is 291 g/mol. The molecule has 0 spiro atoms. The molecule has 1 aromatic heterocycles. The number of carbonyl (C=O) groups is 1. The number of nitrogen functional groups attached to an aromatic ring is 1. The molecule has 1 heterocycles. The van der Waals surface area contributed by atoms with Crippen LogP contribution in [-0.2, 0) is 4.74 Å². The molecular weight excluding hydrogens is 274 g/mol. The molecule has 0 saturated heterocycles. The molecular formula is C15H17NO3S. The zero-order chi connectivity index (χ0) is 14.5. The van der Waals surface area contributed by atoms with Gasteiger partial charge in [-0.1, -0.05) is 25.1 Å². The SMILES string of the molecule is CCCOC(=O)c1c(-c2ccccc2OC)csc1N. The number of thiophene rings is 1. The van der Waals surface area contributed by atoms with Crippen LogP contribution in [0.25, 0.3) is 11.1 Å². The molecule has 0 bridgehead atoms. The fourth-order valence-electron chi connectivity index (χ4n) is 1.92. The van der Waals surface area contributed by atoms with Crippen molar-refractivity contribution in [2.75, 3.05) is 19.5 Å². The zero-order valence-electron chi connectivity index (χ0n) is 11.5. The average Bonchev–Trinajstić information content (AvgIpc) is 2.86. The fraction of sp³-hybridized carbons (Fsp3) is 0.267. The van der Waals surface area contributed by atoms with E-state index in [1.54, 1.807) is 7.11 Å². The largest absolute Gasteiger partial charge is 0.496 e. The van der Waals surface area contributed by atoms with E-state index in [1.165, 1.54) is 11.3 Å². The van der Waals surface area contributed by atoms with Crippen LogP contribution in [0.5, 0.6) is 5.75 Å². The number of benzene rings is 1. The molecule has 0 aliphatic carbocycles. The molecule has 2 N–H and O–H groups in total. The maximum absolute atomic E-state index is 12.1. The molecule has 2 rings (SSSR count). The monoisotopic (exact) mass is 291 g/mol. The molecule has 0 unspecified atom stereocenters. The Balaban J connectivity index is 2.45. The van der Waals surface area contributed by atoms with Gasteiger partial charge in [0.05, 0.1) is 13.7 Å². The van der Waals surface area contributed by atoms with Crippen molar-refractivity contribution in [2.45, 2.75) is 13.3 Å². The normalized spacial score (nSPS) is 10.3. The smallest absolute Gasteiger partial charge is 0.341 e. The van der Waals surface area contributed by atoms with E-state index < -0.39 is 0 Å². The molecule has 106 valence electrons. The summed E-state index contributed by atoms with van der Waals surface area (Å²) in [5.41, 5.74) is 7.94. The van der Waals surface area contributed by atoms with Crippen molar-refractivity contribution in [1.29, 1.82) is 0 Å². The van der Waals surface area contributed by atoms with Gasteiger partial charge in [-0.2, -0.15) is 0 Å². The van der Waals surface area contributed by atoms with Crippen LogP contribution in [0.2, 0.25) is 0 Å². The van der Waals surface area contributed by atoms with Crippen LogP contribution >= 0.6 is 11.3 Å². The summed E-state index contributed by atoms with van der Waals surface area (Å²) in [5, 5.41) is 2.32. The second-order valence-electron chi connectivity index (χ2n) is 4.22. The van der Waals surface area contributed by atoms with Crippen molar-refractivity contribution in [3.8, 4) is 16.9 Å². The lowest BCUT2D eigenvalue weighted by atomic mass is 10.0. The molecule has 4 nitrogen and oxygen atoms in total. The summed E-state index contributed by atoms with van der Waals surface area (Å²) < 4.78 is 10.5. The van der Waals surface area contributed by atoms with Gasteiger partial charge in [-0.25, -0.2) is 4.79 Å². The van der Waals surface area contributed by atoms with Crippen LogP contribution in [0.3, 0.4) is 0 Å². The number of rotatable bonds is 5. The van der Waals surface area contributed by atoms with E-state index in [0.29, 0.717) is 22.9 Å². The van der Waals surface area contributed by atoms with Crippen molar-refractivity contribution in [3.05, 3.63) is 35.2 Å². The van der Waals surface area contributed by atoms with E-state index in [2.05, 4.69) is 0 Å². The molecule has 0 aliphatic heterocycles. The lowest BCUT2D eigenvalue weighted by molar-refractivity contribution is 0.0508. The lowest BCUT2D eigenvalue weighted by Gasteiger charge is -2.09. The Morgan fingerprint density at radius 1 is 1.30 bits per heavy atom. The van der Waals surface area contributed by atoms with E-state index in [4.69, 9.17) is 15.2 Å². The van der Waals surface area contributed by atoms with Crippen molar-refractivity contribution in [1.82, 2.24) is 0 Å². The summed E-state index contributed by atoms with van der Waals surface area (Å²) in [6.45, 7) is 2.34. The number of carbonyl (C=O) groups excluding carboxylic acids is 1. The van der Waals surface area contributed by atoms with Gasteiger partial charge in [0, 0.05) is 16.5 Å². The Hall–Kier alpha value is -2.01. The minimum atomic E-state index is -0.383. The molecule has 0 radical (unpaired) electrons. The maximum Gasteiger partial charge on any atom is 0.341 e. The predicted octanol–water partition coefficient (Wildman–Crippen LogP) is 3.57. The first-order chi connectivity index (χ1) is 9.69. The first kappa shape index (κ1) is 14.4. The maximum atomic E-state index is 12.1. The number of hydrogen-bond acceptors (Lipinski definition) is 5. The summed E-state index contributed by atoms with van der Waals surface area (Å²) in [5.74, 6) is 0.321. The molecule has 2 aromatic rings. The molecule has 20 heavy (non-hydrogen) atoms. The Morgan fingerprint density at radius 3 is 2.75 bits per heavy atom. The van der Waals surface area contributed by atoms with Crippen molar-refractivity contribution in [3.63, 3.8) is 0 Å². The van der Waals surface area contributed by atoms with Crippen LogP contribution in [0, 0.1) is 0 Å². The molecule has 5 heteroatoms. The van der Waals surface area contributed by atoms with Gasteiger partial charge in [-0.05, 0) is 12.5 Å². The summed E-state index contributed by atoms with van der Waals surface area (Å²) in [6.07, 6.45) is 0.778. The predicted molar refractivity (Wildman–Crippen MR) is 81.3 cm³/mol. The number of esters is 1. The van der Waals surface area contributed by atoms with Gasteiger partial charge in [0.2, 0.25) is 0 Å². The fourth-order valence-corrected chi connectivity index (χ4v) is 2.72. The number of methoxy groups -OCH3 is 1. The Bertz CT molecular complexity index is 607. The summed E-state index contributed by atoms with van der Waals surface area (Å²) in [4.78, 5) is 12.1. The highest BCUT2D eigenvalue weighted by molar-refractivity contribution is 7.15. The van der Waals surface area contributed by atoms with Gasteiger partial charge >= 0.3 is 5.97 Å². The molecule has 0 aliphatic rings. The summed E-state index contributed by atoms with van der Waals surface area (Å²) in [7, 11) is 1.60. The minimum Gasteiger partial charge on any atom is -0.496 e. The van der Waals surface area contributed by atoms with Crippen molar-refractivity contribution < 1.29 is 14.3 Å². The number of anilines is 1. The van der Waals surface area contributed by atoms with Gasteiger partial charge < -0.3 is 15.2 Å². The second-order valence-corrected chi connectivity index (χ2v) is 5.14. The van der Waals surface area contributed by atoms with Crippen LogP contribution in [0.4, 0.5) is 5.00 Å². The number of para-hydroxylation sites is 1. The van der Waals surface area contributed by atoms with E-state index in [1.807, 2.05) is 36.6 Å². The molecule has 0 atom stereocenters. The highest BCUT2D eigenvalue weighted by atomic mass is 32.1. The topological polar surface area (TPSA) is 61.5 Å². The van der Waals surface area contributed by atoms with Crippen molar-refractivity contribution >= 4 is 22.3 Å². The number of hydrogen-bond donors (Lipinski definition) is 1. The van der Waals surface area contributed by atoms with E-state index in [-0.39, 0.29) is 5.97 Å². The highest BCUT2D eigenvalue weighted by Gasteiger charge is 2.21. The summed E-state index contributed by atoms with van der Waals surface area (Å²) in [6, 6.07) is 7.53. The van der Waals surface area contributed by atoms with Crippen LogP contribution in [-0.4, -0.2) is 19.7 Å². The van der Waals surface area contributed by atoms with Crippen LogP contribution in [0.15, 0.2) is 29.6 Å². The van der Waals surface area contributed by atoms with E-state index in [9.17, 15) is 4.79 Å². The zero-order valence-corrected chi connectivity index (χ0v) is 12.3. The third-order valence-electron chi connectivity index (χ3n) is 2.86. The Labute approximate surface area is 122 Å². The minimum absolute atomic E-state index is 0.383. The first-order valence-electron chi connectivity index (χ1n) is 6.36. The van der Waals surface area contributed by atoms with Gasteiger partial charge in [0.1, 0.15) is 16.3 Å². The first-order valence-corrected chi connectivity index (χ1v) is 7.24. The van der Waals surface area contributed by atoms with E-state index in [0.717, 1.165) is 17.5 Å². The lowest BCUT2D eigenvalue weighted by Crippen LogP contribution is -2.08. The van der Waals surface area contributed by atoms with Crippen LogP contribution in [0.1, 0.15) is 23.7 Å². The third-order valence-corrected chi connectivity index (χ3v) is 3.67. The third kappa shape index (κ3) is 2.77. The van der Waals surface area contributed by atoms with Gasteiger partial charge in [-0.3, -0.25) is 0 Å². The summed E-state index contributed by atoms with van der Waals surface area (Å²) >= 11 is 1.33. The number of ether oxygens (including phenoxy) is 2. The van der Waals surface area contributed by atoms with Gasteiger partial charge in [0.25, 0.3) is 0 Å². The number of nitrogens with two attached hydrogens (primary N) is 1. The van der Waals surface area contributed by atoms with Gasteiger partial charge in [0.15, 0.2) is 0 Å². The molecule has 1 aromatic carbocycles. The van der Waals surface area contributed by atoms with E-state index >= 15 is 0 Å². The van der Waals surface area contributed by atoms with Crippen molar-refractivity contribution in [2.24, 2.45) is 0 Å². The highest BCUT2D eigenvalue weighted by Crippen LogP contribution is 2.38. The Morgan fingerprint density at radius 2 is 2.05 bits per heavy atom. The molecule has 0 saturated carbocycles. The second kappa shape index (κ2) is 6.43. The Kier molecular flexibility index (Phi) is 4.63. The van der Waals surface area contributed by atoms with Crippen LogP contribution < -0.4 is 10.5 Å². The van der Waals surface area contributed by atoms with Gasteiger partial charge in [-0.15, -0.1) is 11.3 Å². The quantitative estimate of drug-likeness (QED) is 0.855.